The van der Waals surface area contributed by atoms with Gasteiger partial charge >= 0.3 is 22.5 Å². The summed E-state index contributed by atoms with van der Waals surface area (Å²) in [7, 11) is 0. The molecule has 0 saturated carbocycles. The Morgan fingerprint density at radius 2 is 1.29 bits per heavy atom. The van der Waals surface area contributed by atoms with Gasteiger partial charge in [0.05, 0.1) is 6.20 Å². The Morgan fingerprint density at radius 3 is 2.00 bits per heavy atom. The Bertz CT molecular complexity index is 1030. The molecule has 0 atom stereocenters. The van der Waals surface area contributed by atoms with Crippen molar-refractivity contribution in [2.45, 2.75) is 0 Å². The highest BCUT2D eigenvalue weighted by atomic mass is 16.5. The van der Waals surface area contributed by atoms with Crippen LogP contribution in [0.1, 0.15) is 0 Å². The first-order valence-electron chi connectivity index (χ1n) is 5.52. The van der Waals surface area contributed by atoms with Gasteiger partial charge in [0.2, 0.25) is 5.58 Å². The Hall–Kier alpha value is -3.36. The van der Waals surface area contributed by atoms with Crippen molar-refractivity contribution in [1.29, 1.82) is 0 Å². The van der Waals surface area contributed by atoms with Crippen molar-refractivity contribution in [3.05, 3.63) is 72.1 Å². The lowest BCUT2D eigenvalue weighted by Gasteiger charge is -1.86. The molecule has 9 nitrogen and oxygen atoms in total. The molecule has 106 valence electrons. The van der Waals surface area contributed by atoms with Gasteiger partial charge in [0.1, 0.15) is 0 Å². The molecule has 3 heterocycles. The van der Waals surface area contributed by atoms with Gasteiger partial charge in [0, 0.05) is 24.3 Å². The minimum atomic E-state index is -0.895. The first-order chi connectivity index (χ1) is 10.0. The van der Waals surface area contributed by atoms with E-state index in [2.05, 4.69) is 0 Å². The van der Waals surface area contributed by atoms with E-state index in [0.29, 0.717) is 0 Å². The third kappa shape index (κ3) is 2.39. The summed E-state index contributed by atoms with van der Waals surface area (Å²) in [5.41, 5.74) is -4.49. The van der Waals surface area contributed by atoms with Crippen molar-refractivity contribution in [1.82, 2.24) is 4.57 Å². The normalized spacial score (nSPS) is 10.7. The van der Waals surface area contributed by atoms with Gasteiger partial charge in [-0.3, -0.25) is 0 Å². The molecule has 0 amide bonds. The van der Waals surface area contributed by atoms with Gasteiger partial charge in [-0.1, -0.05) is 0 Å². The Balaban J connectivity index is 2.72. The smallest absolute Gasteiger partial charge is 0.356 e. The van der Waals surface area contributed by atoms with Gasteiger partial charge < -0.3 is 17.8 Å². The van der Waals surface area contributed by atoms with Gasteiger partial charge in [-0.25, -0.2) is 19.2 Å². The van der Waals surface area contributed by atoms with E-state index >= 15 is 0 Å². The molecule has 3 aromatic heterocycles. The lowest BCUT2D eigenvalue weighted by Crippen LogP contribution is -2.02. The monoisotopic (exact) mass is 291 g/mol. The summed E-state index contributed by atoms with van der Waals surface area (Å²) in [6.45, 7) is 0. The Morgan fingerprint density at radius 1 is 0.714 bits per heavy atom. The SMILES string of the molecule is O=c1ccc(=O)oc2c(cn3oc(=O)ccc(=O)oc23)o1. The summed E-state index contributed by atoms with van der Waals surface area (Å²) >= 11 is 0. The van der Waals surface area contributed by atoms with Crippen LogP contribution in [0.25, 0.3) is 16.9 Å². The van der Waals surface area contributed by atoms with Gasteiger partial charge in [-0.2, -0.15) is 0 Å². The first kappa shape index (κ1) is 12.7. The molecule has 0 aromatic carbocycles. The maximum atomic E-state index is 11.4. The quantitative estimate of drug-likeness (QED) is 0.567. The van der Waals surface area contributed by atoms with Crippen LogP contribution in [-0.2, 0) is 0 Å². The number of rotatable bonds is 0. The van der Waals surface area contributed by atoms with Crippen LogP contribution in [0.15, 0.2) is 67.4 Å². The number of hydrogen-bond acceptors (Lipinski definition) is 8. The van der Waals surface area contributed by atoms with Crippen LogP contribution in [-0.4, -0.2) is 4.57 Å². The van der Waals surface area contributed by atoms with E-state index in [1.807, 2.05) is 0 Å². The fourth-order valence-electron chi connectivity index (χ4n) is 1.56. The molecule has 3 aromatic rings. The van der Waals surface area contributed by atoms with Gasteiger partial charge in [0.15, 0.2) is 5.58 Å². The fraction of sp³-hybridized carbons (Fsp3) is 0. The van der Waals surface area contributed by atoms with Crippen LogP contribution >= 0.6 is 0 Å². The summed E-state index contributed by atoms with van der Waals surface area (Å²) in [6, 6.07) is 3.39. The first-order valence-corrected chi connectivity index (χ1v) is 5.52. The third-order valence-electron chi connectivity index (χ3n) is 2.36. The van der Waals surface area contributed by atoms with E-state index in [0.717, 1.165) is 35.0 Å². The van der Waals surface area contributed by atoms with Crippen molar-refractivity contribution >= 4 is 16.9 Å². The molecule has 3 rings (SSSR count). The van der Waals surface area contributed by atoms with Crippen LogP contribution < -0.4 is 22.5 Å². The lowest BCUT2D eigenvalue weighted by atomic mass is 10.5. The largest absolute Gasteiger partial charge is 0.417 e. The van der Waals surface area contributed by atoms with Crippen molar-refractivity contribution in [3.8, 4) is 0 Å². The average molecular weight is 291 g/mol. The van der Waals surface area contributed by atoms with E-state index in [4.69, 9.17) is 17.8 Å². The van der Waals surface area contributed by atoms with Crippen LogP contribution in [0, 0.1) is 0 Å². The molecule has 0 fully saturated rings. The summed E-state index contributed by atoms with van der Waals surface area (Å²) in [5, 5.41) is 0. The molecule has 0 saturated heterocycles. The zero-order valence-corrected chi connectivity index (χ0v) is 10.1. The van der Waals surface area contributed by atoms with Crippen molar-refractivity contribution in [2.24, 2.45) is 0 Å². The number of aromatic nitrogens is 1. The molecule has 0 N–H and O–H groups in total. The molecule has 0 spiro atoms. The lowest BCUT2D eigenvalue weighted by molar-refractivity contribution is 0.316. The van der Waals surface area contributed by atoms with Crippen LogP contribution in [0.4, 0.5) is 0 Å². The molecule has 0 radical (unpaired) electrons. The van der Waals surface area contributed by atoms with E-state index in [1.54, 1.807) is 0 Å². The van der Waals surface area contributed by atoms with E-state index in [9.17, 15) is 19.2 Å². The highest BCUT2D eigenvalue weighted by Crippen LogP contribution is 2.16. The Kier molecular flexibility index (Phi) is 2.79. The summed E-state index contributed by atoms with van der Waals surface area (Å²) in [4.78, 5) is 45.6. The van der Waals surface area contributed by atoms with Gasteiger partial charge in [0.25, 0.3) is 5.71 Å². The van der Waals surface area contributed by atoms with E-state index < -0.39 is 28.2 Å². The molecule has 0 bridgehead atoms. The summed E-state index contributed by atoms with van der Waals surface area (Å²) in [5.74, 6) is 0. The molecule has 0 aliphatic carbocycles. The van der Waals surface area contributed by atoms with Crippen molar-refractivity contribution in [2.75, 3.05) is 0 Å². The molecule has 0 aliphatic heterocycles. The molecule has 0 aliphatic rings. The molecule has 0 unspecified atom stereocenters. The second kappa shape index (κ2) is 4.63. The number of hydrogen-bond donors (Lipinski definition) is 0. The Labute approximate surface area is 112 Å². The standard InChI is InChI=1S/C12H5NO8/c14-7-1-2-8(15)19-11-6(18-7)5-13-12(11)20-9(16)3-4-10(17)21-13/h1-5H. The molecular formula is C12H5NO8. The zero-order valence-electron chi connectivity index (χ0n) is 10.1. The molecule has 9 heteroatoms. The predicted octanol–water partition coefficient (Wildman–Crippen LogP) is 0.0297. The maximum absolute atomic E-state index is 11.4. The molecule has 21 heavy (non-hydrogen) atoms. The van der Waals surface area contributed by atoms with Crippen molar-refractivity contribution in [3.63, 3.8) is 0 Å². The summed E-state index contributed by atoms with van der Waals surface area (Å²) < 4.78 is 20.1. The maximum Gasteiger partial charge on any atom is 0.356 e. The van der Waals surface area contributed by atoms with Crippen LogP contribution in [0.5, 0.6) is 0 Å². The van der Waals surface area contributed by atoms with Crippen LogP contribution in [0.3, 0.4) is 0 Å². The average Bonchev–Trinajstić information content (AvgIpc) is 2.68. The van der Waals surface area contributed by atoms with Crippen molar-refractivity contribution < 1.29 is 17.8 Å². The van der Waals surface area contributed by atoms with E-state index in [-0.39, 0.29) is 11.2 Å². The topological polar surface area (TPSA) is 125 Å². The number of fused-ring (bicyclic) bond motifs is 3. The zero-order chi connectivity index (χ0) is 15.0. The number of nitrogens with zero attached hydrogens (tertiary/aromatic N) is 1. The van der Waals surface area contributed by atoms with Gasteiger partial charge in [-0.15, -0.1) is 4.57 Å². The second-order valence-corrected chi connectivity index (χ2v) is 3.79. The predicted molar refractivity (Wildman–Crippen MR) is 66.7 cm³/mol. The third-order valence-corrected chi connectivity index (χ3v) is 2.36. The fourth-order valence-corrected chi connectivity index (χ4v) is 1.56. The summed E-state index contributed by atoms with van der Waals surface area (Å²) in [6.07, 6.45) is 1.03. The molecular weight excluding hydrogens is 286 g/mol. The van der Waals surface area contributed by atoms with Crippen LogP contribution in [0.2, 0.25) is 0 Å². The minimum absolute atomic E-state index is 0.241. The van der Waals surface area contributed by atoms with E-state index in [1.165, 1.54) is 0 Å². The van der Waals surface area contributed by atoms with Gasteiger partial charge in [-0.05, 0) is 0 Å². The minimum Gasteiger partial charge on any atom is -0.417 e. The second-order valence-electron chi connectivity index (χ2n) is 3.79. The highest BCUT2D eigenvalue weighted by molar-refractivity contribution is 5.83. The highest BCUT2D eigenvalue weighted by Gasteiger charge is 2.11.